The first-order chi connectivity index (χ1) is 13.9. The minimum absolute atomic E-state index is 0.145. The van der Waals surface area contributed by atoms with Gasteiger partial charge in [-0.25, -0.2) is 4.68 Å². The molecule has 0 unspecified atom stereocenters. The molecule has 0 atom stereocenters. The average molecular weight is 393 g/mol. The summed E-state index contributed by atoms with van der Waals surface area (Å²) in [6, 6.07) is 15.6. The molecule has 0 aliphatic carbocycles. The van der Waals surface area contributed by atoms with Gasteiger partial charge in [0.2, 0.25) is 0 Å². The second-order valence-corrected chi connectivity index (χ2v) is 7.41. The lowest BCUT2D eigenvalue weighted by molar-refractivity contribution is 0.0943. The molecular weight excluding hydrogens is 364 g/mol. The highest BCUT2D eigenvalue weighted by molar-refractivity contribution is 5.94. The molecule has 3 rings (SSSR count). The van der Waals surface area contributed by atoms with Crippen LogP contribution in [0.25, 0.3) is 16.9 Å². The maximum Gasteiger partial charge on any atom is 0.270 e. The fourth-order valence-electron chi connectivity index (χ4n) is 3.18. The van der Waals surface area contributed by atoms with Crippen LogP contribution in [-0.2, 0) is 0 Å². The Balaban J connectivity index is 2.04. The Kier molecular flexibility index (Phi) is 6.34. The van der Waals surface area contributed by atoms with Crippen molar-refractivity contribution in [2.75, 3.05) is 34.3 Å². The van der Waals surface area contributed by atoms with Crippen LogP contribution in [0.2, 0.25) is 0 Å². The third-order valence-corrected chi connectivity index (χ3v) is 4.73. The zero-order valence-electron chi connectivity index (χ0n) is 17.7. The van der Waals surface area contributed by atoms with E-state index >= 15 is 0 Å². The largest absolute Gasteiger partial charge is 0.497 e. The fourth-order valence-corrected chi connectivity index (χ4v) is 3.18. The van der Waals surface area contributed by atoms with Crippen molar-refractivity contribution in [2.24, 2.45) is 0 Å². The van der Waals surface area contributed by atoms with Gasteiger partial charge in [0.1, 0.15) is 11.4 Å². The van der Waals surface area contributed by atoms with E-state index in [0.717, 1.165) is 34.8 Å². The van der Waals surface area contributed by atoms with Crippen LogP contribution in [0, 0.1) is 13.8 Å². The van der Waals surface area contributed by atoms with E-state index in [1.54, 1.807) is 11.8 Å². The second kappa shape index (κ2) is 8.92. The van der Waals surface area contributed by atoms with Crippen LogP contribution < -0.4 is 10.1 Å². The number of nitrogens with zero attached hydrogens (tertiary/aromatic N) is 3. The van der Waals surface area contributed by atoms with Crippen molar-refractivity contribution in [1.29, 1.82) is 0 Å². The minimum atomic E-state index is -0.145. The number of aromatic nitrogens is 2. The monoisotopic (exact) mass is 392 g/mol. The number of ether oxygens (including phenoxy) is 1. The Labute approximate surface area is 172 Å². The van der Waals surface area contributed by atoms with E-state index in [0.29, 0.717) is 12.2 Å². The van der Waals surface area contributed by atoms with Crippen LogP contribution in [0.3, 0.4) is 0 Å². The van der Waals surface area contributed by atoms with Gasteiger partial charge in [0.05, 0.1) is 18.5 Å². The molecule has 1 amide bonds. The molecule has 0 aliphatic rings. The highest BCUT2D eigenvalue weighted by Gasteiger charge is 2.19. The summed E-state index contributed by atoms with van der Waals surface area (Å²) < 4.78 is 7.07. The molecule has 1 N–H and O–H groups in total. The Bertz CT molecular complexity index is 1010. The van der Waals surface area contributed by atoms with Crippen molar-refractivity contribution in [2.45, 2.75) is 13.8 Å². The molecule has 1 heterocycles. The van der Waals surface area contributed by atoms with Crippen LogP contribution in [-0.4, -0.2) is 54.9 Å². The van der Waals surface area contributed by atoms with Crippen molar-refractivity contribution in [3.63, 3.8) is 0 Å². The molecule has 152 valence electrons. The Morgan fingerprint density at radius 1 is 1.14 bits per heavy atom. The third kappa shape index (κ3) is 4.84. The number of hydrogen-bond donors (Lipinski definition) is 1. The molecule has 3 aromatic rings. The molecule has 0 aliphatic heterocycles. The molecule has 2 aromatic carbocycles. The summed E-state index contributed by atoms with van der Waals surface area (Å²) in [4.78, 5) is 15.0. The minimum Gasteiger partial charge on any atom is -0.497 e. The predicted octanol–water partition coefficient (Wildman–Crippen LogP) is 3.46. The van der Waals surface area contributed by atoms with E-state index in [1.165, 1.54) is 5.56 Å². The van der Waals surface area contributed by atoms with Crippen LogP contribution >= 0.6 is 0 Å². The van der Waals surface area contributed by atoms with E-state index in [9.17, 15) is 4.79 Å². The maximum atomic E-state index is 13.0. The van der Waals surface area contributed by atoms with E-state index in [1.807, 2.05) is 68.4 Å². The van der Waals surface area contributed by atoms with Crippen molar-refractivity contribution in [3.05, 3.63) is 65.4 Å². The quantitative estimate of drug-likeness (QED) is 0.669. The molecule has 6 nitrogen and oxygen atoms in total. The van der Waals surface area contributed by atoms with Gasteiger partial charge in [-0.2, -0.15) is 5.10 Å². The number of methoxy groups -OCH3 is 1. The van der Waals surface area contributed by atoms with Crippen LogP contribution in [0.1, 0.15) is 21.6 Å². The first-order valence-electron chi connectivity index (χ1n) is 9.64. The van der Waals surface area contributed by atoms with Gasteiger partial charge in [-0.3, -0.25) is 4.79 Å². The zero-order valence-corrected chi connectivity index (χ0v) is 17.7. The number of hydrogen-bond acceptors (Lipinski definition) is 4. The van der Waals surface area contributed by atoms with Gasteiger partial charge in [-0.15, -0.1) is 0 Å². The Hall–Kier alpha value is -3.12. The molecular formula is C23H28N4O2. The Morgan fingerprint density at radius 2 is 1.93 bits per heavy atom. The second-order valence-electron chi connectivity index (χ2n) is 7.41. The van der Waals surface area contributed by atoms with Crippen molar-refractivity contribution in [1.82, 2.24) is 20.0 Å². The lowest BCUT2D eigenvalue weighted by Gasteiger charge is -2.13. The van der Waals surface area contributed by atoms with Gasteiger partial charge in [0.15, 0.2) is 0 Å². The first kappa shape index (κ1) is 20.6. The lowest BCUT2D eigenvalue weighted by atomic mass is 10.1. The molecule has 0 fully saturated rings. The number of carbonyl (C=O) groups excluding carboxylic acids is 1. The van der Waals surface area contributed by atoms with Crippen molar-refractivity contribution in [3.8, 4) is 22.7 Å². The lowest BCUT2D eigenvalue weighted by Crippen LogP contribution is -2.32. The van der Waals surface area contributed by atoms with Gasteiger partial charge in [0, 0.05) is 18.7 Å². The molecule has 0 saturated carbocycles. The number of rotatable bonds is 7. The number of nitrogens with one attached hydrogen (secondary N) is 1. The fraction of sp³-hybridized carbons (Fsp3) is 0.304. The number of carbonyl (C=O) groups is 1. The van der Waals surface area contributed by atoms with E-state index in [-0.39, 0.29) is 5.91 Å². The highest BCUT2D eigenvalue weighted by Crippen LogP contribution is 2.26. The van der Waals surface area contributed by atoms with Gasteiger partial charge < -0.3 is 15.0 Å². The molecule has 0 bridgehead atoms. The van der Waals surface area contributed by atoms with E-state index in [4.69, 9.17) is 9.84 Å². The third-order valence-electron chi connectivity index (χ3n) is 4.73. The number of amides is 1. The summed E-state index contributed by atoms with van der Waals surface area (Å²) in [5.74, 6) is 0.606. The highest BCUT2D eigenvalue weighted by atomic mass is 16.5. The normalized spacial score (nSPS) is 11.0. The SMILES string of the molecule is COc1cccc(-c2cc(C(=O)NCCN(C)C)n(-c3ccc(C)cc3C)n2)c1. The summed E-state index contributed by atoms with van der Waals surface area (Å²) in [5.41, 5.74) is 5.25. The van der Waals surface area contributed by atoms with E-state index in [2.05, 4.69) is 18.3 Å². The van der Waals surface area contributed by atoms with Gasteiger partial charge in [0.25, 0.3) is 5.91 Å². The molecule has 1 aromatic heterocycles. The summed E-state index contributed by atoms with van der Waals surface area (Å²) in [5, 5.41) is 7.76. The standard InChI is InChI=1S/C23H28N4O2/c1-16-9-10-21(17(2)13-16)27-22(23(28)24-11-12-26(3)4)15-20(25-27)18-7-6-8-19(14-18)29-5/h6-10,13-15H,11-12H2,1-5H3,(H,24,28). The molecule has 29 heavy (non-hydrogen) atoms. The van der Waals surface area contributed by atoms with Gasteiger partial charge in [-0.1, -0.05) is 29.8 Å². The van der Waals surface area contributed by atoms with Gasteiger partial charge >= 0.3 is 0 Å². The average Bonchev–Trinajstić information content (AvgIpc) is 3.13. The summed E-state index contributed by atoms with van der Waals surface area (Å²) in [7, 11) is 5.59. The smallest absolute Gasteiger partial charge is 0.270 e. The summed E-state index contributed by atoms with van der Waals surface area (Å²) in [6.07, 6.45) is 0. The Morgan fingerprint density at radius 3 is 2.62 bits per heavy atom. The summed E-state index contributed by atoms with van der Waals surface area (Å²) in [6.45, 7) is 5.42. The number of benzene rings is 2. The van der Waals surface area contributed by atoms with Crippen molar-refractivity contribution < 1.29 is 9.53 Å². The maximum absolute atomic E-state index is 13.0. The number of aryl methyl sites for hydroxylation is 2. The predicted molar refractivity (Wildman–Crippen MR) is 116 cm³/mol. The topological polar surface area (TPSA) is 59.4 Å². The first-order valence-corrected chi connectivity index (χ1v) is 9.64. The van der Waals surface area contributed by atoms with Crippen LogP contribution in [0.4, 0.5) is 0 Å². The molecule has 6 heteroatoms. The zero-order chi connectivity index (χ0) is 21.0. The molecule has 0 radical (unpaired) electrons. The number of likely N-dealkylation sites (N-methyl/N-ethyl adjacent to an activating group) is 1. The van der Waals surface area contributed by atoms with Crippen molar-refractivity contribution >= 4 is 5.91 Å². The molecule has 0 saturated heterocycles. The molecule has 0 spiro atoms. The van der Waals surface area contributed by atoms with Crippen LogP contribution in [0.5, 0.6) is 5.75 Å². The van der Waals surface area contributed by atoms with Crippen LogP contribution in [0.15, 0.2) is 48.5 Å². The van der Waals surface area contributed by atoms with Gasteiger partial charge in [-0.05, 0) is 57.8 Å². The van der Waals surface area contributed by atoms with E-state index < -0.39 is 0 Å². The summed E-state index contributed by atoms with van der Waals surface area (Å²) >= 11 is 0.